The van der Waals surface area contributed by atoms with Crippen molar-refractivity contribution in [3.8, 4) is 11.5 Å². The summed E-state index contributed by atoms with van der Waals surface area (Å²) in [5, 5.41) is 0. The molecule has 16 atom stereocenters. The van der Waals surface area contributed by atoms with Crippen LogP contribution in [0.1, 0.15) is 159 Å². The molecule has 15 aliphatic rings. The Hall–Kier alpha value is -10.3. The first kappa shape index (κ1) is 76.6. The van der Waals surface area contributed by atoms with Crippen LogP contribution in [0.2, 0.25) is 0 Å². The second-order valence-electron chi connectivity index (χ2n) is 37.2. The van der Waals surface area contributed by atoms with E-state index in [9.17, 15) is 0 Å². The van der Waals surface area contributed by atoms with Crippen LogP contribution in [-0.4, -0.2) is 47.5 Å². The van der Waals surface area contributed by atoms with Crippen LogP contribution >= 0.6 is 0 Å². The maximum absolute atomic E-state index is 15.4. The predicted molar refractivity (Wildman–Crippen MR) is 478 cm³/mol. The van der Waals surface area contributed by atoms with Crippen LogP contribution in [0, 0.1) is 52.3 Å². The van der Waals surface area contributed by atoms with Crippen molar-refractivity contribution in [2.24, 2.45) is 52.3 Å². The van der Waals surface area contributed by atoms with Crippen molar-refractivity contribution in [3.63, 3.8) is 0 Å². The van der Waals surface area contributed by atoms with Gasteiger partial charge in [0.05, 0.1) is 35.7 Å². The first-order chi connectivity index (χ1) is 56.9. The van der Waals surface area contributed by atoms with E-state index in [4.69, 9.17) is 14.2 Å². The minimum Gasteiger partial charge on any atom is -0.486 e. The molecule has 0 radical (unpaired) electrons. The number of rotatable bonds is 18. The zero-order chi connectivity index (χ0) is 79.9. The van der Waals surface area contributed by atoms with Crippen molar-refractivity contribution in [1.82, 2.24) is 4.90 Å². The van der Waals surface area contributed by atoms with Gasteiger partial charge in [0.2, 0.25) is 0 Å². The molecule has 5 nitrogen and oxygen atoms in total. The Bertz CT molecular complexity index is 5390. The van der Waals surface area contributed by atoms with Crippen LogP contribution in [0.5, 0.6) is 11.5 Å². The van der Waals surface area contributed by atoms with Crippen molar-refractivity contribution < 1.29 is 23.0 Å². The van der Waals surface area contributed by atoms with Gasteiger partial charge in [-0.15, -0.1) is 0 Å². The lowest BCUT2D eigenvalue weighted by molar-refractivity contribution is 0.0124. The number of hydrogen-bond donors (Lipinski definition) is 0. The fourth-order valence-electron chi connectivity index (χ4n) is 22.9. The third-order valence-corrected chi connectivity index (χ3v) is 28.7. The predicted octanol–water partition coefficient (Wildman–Crippen LogP) is 26.6. The fourth-order valence-corrected chi connectivity index (χ4v) is 22.9. The molecule has 0 amide bonds. The highest BCUT2D eigenvalue weighted by Crippen LogP contribution is 2.67. The zero-order valence-corrected chi connectivity index (χ0v) is 69.0. The monoisotopic (exact) mass is 1550 g/mol. The summed E-state index contributed by atoms with van der Waals surface area (Å²) in [5.74, 6) is 3.94. The normalized spacial score (nSPS) is 31.7. The molecule has 16 unspecified atom stereocenters. The molecule has 7 heteroatoms. The Balaban J connectivity index is 0.600. The maximum Gasteiger partial charge on any atom is 0.126 e. The highest BCUT2D eigenvalue weighted by atomic mass is 19.1. The van der Waals surface area contributed by atoms with Crippen LogP contribution in [0.25, 0.3) is 11.6 Å². The Morgan fingerprint density at radius 3 is 2.04 bits per heavy atom. The highest BCUT2D eigenvalue weighted by Gasteiger charge is 2.58. The molecule has 0 spiro atoms. The smallest absolute Gasteiger partial charge is 0.126 e. The first-order valence-electron chi connectivity index (χ1n) is 43.7. The summed E-state index contributed by atoms with van der Waals surface area (Å²) in [5.41, 5.74) is 23.2. The molecule has 0 saturated carbocycles. The third-order valence-electron chi connectivity index (χ3n) is 28.7. The molecule has 594 valence electrons. The van der Waals surface area contributed by atoms with Gasteiger partial charge in [0.15, 0.2) is 0 Å². The Kier molecular flexibility index (Phi) is 20.4. The maximum atomic E-state index is 15.4. The van der Waals surface area contributed by atoms with Crippen LogP contribution in [0.3, 0.4) is 0 Å². The van der Waals surface area contributed by atoms with E-state index in [1.165, 1.54) is 61.4 Å². The lowest BCUT2D eigenvalue weighted by Crippen LogP contribution is -2.46. The first-order valence-corrected chi connectivity index (χ1v) is 43.7. The summed E-state index contributed by atoms with van der Waals surface area (Å²) in [6.07, 6.45) is 84.2. The minimum atomic E-state index is -1.01. The number of ether oxygens (including phenoxy) is 3. The van der Waals surface area contributed by atoms with E-state index in [2.05, 4.69) is 307 Å². The number of alkyl halides is 1. The van der Waals surface area contributed by atoms with E-state index in [0.717, 1.165) is 122 Å². The van der Waals surface area contributed by atoms with Gasteiger partial charge in [0, 0.05) is 83.2 Å². The van der Waals surface area contributed by atoms with E-state index in [-0.39, 0.29) is 99.9 Å². The minimum absolute atomic E-state index is 0.00170. The molecule has 19 rings (SSSR count). The van der Waals surface area contributed by atoms with E-state index >= 15 is 8.78 Å². The van der Waals surface area contributed by atoms with E-state index in [1.807, 2.05) is 30.4 Å². The SMILES string of the molecule is C=CC1=CCC(Oc2ccc(C3(c4ccc(C(C)(C)C)cc4)C4=C(CCC=C4)C4C=CC(c5cccc(N(C6C=CC(F)=CC6)C6C=CC7C(C6)OC6CC(N(C8=CCC(F)C=C8)C8=CC(C9C=CC%10=C(C9)C(C9=CC=C(Oc%11ccc(C=C)cc%11)CC9)(C9=CC=C(C(C)(C)C)CC9)C9C=CC=CC%109)=CCC8)C=CC67)c5)=CC43)cc2)C=C1. The Labute approximate surface area is 694 Å². The molecular formula is C110H112F2N2O3. The number of allylic oxidation sites excluding steroid dienone is 36. The summed E-state index contributed by atoms with van der Waals surface area (Å²) in [4.78, 5) is 5.13. The van der Waals surface area contributed by atoms with Crippen molar-refractivity contribution >= 4 is 17.3 Å². The molecule has 4 aromatic rings. The van der Waals surface area contributed by atoms with E-state index in [1.54, 1.807) is 29.4 Å². The molecular weight excluding hydrogens is 1440 g/mol. The second-order valence-corrected chi connectivity index (χ2v) is 37.2. The number of anilines is 1. The third kappa shape index (κ3) is 14.1. The van der Waals surface area contributed by atoms with Crippen molar-refractivity contribution in [2.75, 3.05) is 4.90 Å². The number of fused-ring (bicyclic) bond motifs is 7. The standard InChI is InChI=1S/C110H112F2N2O3/c1-9-71-25-53-91(54-26-71)115-93-57-39-81(40-58-93)109(79-35-31-77(32-36-79)107(3,4)5)101-23-13-11-21-95(101)97-61-29-75(67-103(97)109)73-17-15-19-87(65-73)113(85-47-43-83(111)44-48-85)89-51-63-99-100-64-52-90(70-106(100)117-105(99)69-89)114(86-49-45-84(112)46-50-86)88-20-16-18-74(66-88)76-30-62-98-96-22-12-14-24-102(96)110(104(98)68-76,80-37-33-78(34-38-80)108(6,7)8)82-41-59-94(60-42-82)116-92-55-27-72(10-2)28-56-92/h9-11,13-14,16-18,20-21,23-31,33-35,37-39,41-43,45-49,51-55,57,59-66,68,75,83,86,89-90,92,95,98-101,104-106H,1-2,12,15,19,22,32,36,40,44,50,56,58,67,69-70H2,3-8H3. The highest BCUT2D eigenvalue weighted by molar-refractivity contribution is 5.80. The van der Waals surface area contributed by atoms with Gasteiger partial charge >= 0.3 is 0 Å². The number of halogens is 2. The molecule has 4 aromatic carbocycles. The van der Waals surface area contributed by atoms with Crippen LogP contribution in [-0.2, 0) is 15.6 Å². The zero-order valence-electron chi connectivity index (χ0n) is 69.0. The molecule has 0 bridgehead atoms. The summed E-state index contributed by atoms with van der Waals surface area (Å²) < 4.78 is 51.5. The largest absolute Gasteiger partial charge is 0.486 e. The summed E-state index contributed by atoms with van der Waals surface area (Å²) in [7, 11) is 0. The van der Waals surface area contributed by atoms with Gasteiger partial charge in [-0.2, -0.15) is 0 Å². The van der Waals surface area contributed by atoms with Crippen LogP contribution in [0.4, 0.5) is 14.5 Å². The summed E-state index contributed by atoms with van der Waals surface area (Å²) in [6.45, 7) is 21.9. The topological polar surface area (TPSA) is 34.2 Å². The van der Waals surface area contributed by atoms with Gasteiger partial charge in [0.25, 0.3) is 0 Å². The summed E-state index contributed by atoms with van der Waals surface area (Å²) in [6, 6.07) is 36.0. The van der Waals surface area contributed by atoms with Gasteiger partial charge in [0.1, 0.15) is 35.4 Å². The van der Waals surface area contributed by atoms with Gasteiger partial charge < -0.3 is 24.0 Å². The van der Waals surface area contributed by atoms with Crippen molar-refractivity contribution in [3.05, 3.63) is 400 Å². The van der Waals surface area contributed by atoms with Crippen molar-refractivity contribution in [1.29, 1.82) is 0 Å². The van der Waals surface area contributed by atoms with Crippen molar-refractivity contribution in [2.45, 2.75) is 185 Å². The molecule has 1 fully saturated rings. The Morgan fingerprint density at radius 1 is 0.581 bits per heavy atom. The van der Waals surface area contributed by atoms with Gasteiger partial charge in [-0.25, -0.2) is 8.78 Å². The molecule has 117 heavy (non-hydrogen) atoms. The van der Waals surface area contributed by atoms with Gasteiger partial charge in [-0.3, -0.25) is 0 Å². The molecule has 0 aromatic heterocycles. The average Bonchev–Trinajstić information content (AvgIpc) is 1.54. The number of nitrogens with zero attached hydrogens (tertiary/aromatic N) is 2. The van der Waals surface area contributed by atoms with E-state index in [0.29, 0.717) is 12.8 Å². The molecule has 1 heterocycles. The lowest BCUT2D eigenvalue weighted by atomic mass is 9.57. The quantitative estimate of drug-likeness (QED) is 0.0928. The molecule has 1 aliphatic heterocycles. The second kappa shape index (κ2) is 31.2. The average molecular weight is 1550 g/mol. The molecule has 0 N–H and O–H groups in total. The molecule has 1 saturated heterocycles. The van der Waals surface area contributed by atoms with Crippen LogP contribution in [0.15, 0.2) is 372 Å². The fraction of sp³-hybridized carbons (Fsp3) is 0.345. The van der Waals surface area contributed by atoms with Crippen LogP contribution < -0.4 is 14.4 Å². The van der Waals surface area contributed by atoms with E-state index < -0.39 is 11.6 Å². The van der Waals surface area contributed by atoms with Gasteiger partial charge in [-0.05, 0) is 216 Å². The Morgan fingerprint density at radius 2 is 1.34 bits per heavy atom. The lowest BCUT2D eigenvalue weighted by Gasteiger charge is -2.46. The molecule has 14 aliphatic carbocycles. The summed E-state index contributed by atoms with van der Waals surface area (Å²) >= 11 is 0. The number of hydrogen-bond acceptors (Lipinski definition) is 5. The number of benzene rings is 4. The van der Waals surface area contributed by atoms with Gasteiger partial charge in [-0.1, -0.05) is 295 Å².